The molecule has 0 aliphatic carbocycles. The van der Waals surface area contributed by atoms with Gasteiger partial charge >= 0.3 is 0 Å². The summed E-state index contributed by atoms with van der Waals surface area (Å²) in [6.07, 6.45) is 2.13. The number of imidazole rings is 1. The highest BCUT2D eigenvalue weighted by molar-refractivity contribution is 7.84. The number of pyridine rings is 1. The van der Waals surface area contributed by atoms with Crippen molar-refractivity contribution in [1.82, 2.24) is 9.97 Å². The van der Waals surface area contributed by atoms with Gasteiger partial charge in [-0.1, -0.05) is 12.1 Å². The summed E-state index contributed by atoms with van der Waals surface area (Å²) in [6.45, 7) is 2.89. The topological polar surface area (TPSA) is 91.2 Å². The highest BCUT2D eigenvalue weighted by Crippen LogP contribution is 2.21. The number of aromatic amines is 1. The van der Waals surface area contributed by atoms with Crippen molar-refractivity contribution >= 4 is 21.8 Å². The number of benzene rings is 1. The molecule has 3 rings (SSSR count). The molecule has 138 valence electrons. The monoisotopic (exact) mass is 375 g/mol. The van der Waals surface area contributed by atoms with Crippen LogP contribution in [0.25, 0.3) is 11.0 Å². The molecule has 0 spiro atoms. The van der Waals surface area contributed by atoms with Gasteiger partial charge in [0.05, 0.1) is 34.0 Å². The number of aromatic nitrogens is 3. The molecule has 1 unspecified atom stereocenters. The van der Waals surface area contributed by atoms with E-state index < -0.39 is 10.8 Å². The van der Waals surface area contributed by atoms with E-state index in [0.717, 1.165) is 22.2 Å². The number of nitrogens with one attached hydrogen (secondary N) is 1. The highest BCUT2D eigenvalue weighted by Gasteiger charge is 2.20. The molecule has 7 nitrogen and oxygen atoms in total. The Morgan fingerprint density at radius 2 is 2.08 bits per heavy atom. The Morgan fingerprint density at radius 1 is 1.27 bits per heavy atom. The van der Waals surface area contributed by atoms with Gasteiger partial charge in [0.1, 0.15) is 11.5 Å². The van der Waals surface area contributed by atoms with E-state index in [-0.39, 0.29) is 5.75 Å². The van der Waals surface area contributed by atoms with Crippen molar-refractivity contribution in [3.05, 3.63) is 53.0 Å². The van der Waals surface area contributed by atoms with E-state index in [9.17, 15) is 9.42 Å². The summed E-state index contributed by atoms with van der Waals surface area (Å²) in [6, 6.07) is 9.10. The van der Waals surface area contributed by atoms with Crippen LogP contribution >= 0.6 is 0 Å². The summed E-state index contributed by atoms with van der Waals surface area (Å²) < 4.78 is 24.2. The van der Waals surface area contributed by atoms with E-state index in [4.69, 9.17) is 9.47 Å². The van der Waals surface area contributed by atoms with Crippen LogP contribution in [0.2, 0.25) is 0 Å². The molecule has 8 heteroatoms. The molecule has 2 aromatic heterocycles. The summed E-state index contributed by atoms with van der Waals surface area (Å²) >= 11 is 0. The molecule has 1 aromatic carbocycles. The molecule has 0 aliphatic heterocycles. The third-order valence-electron chi connectivity index (χ3n) is 4.03. The predicted molar refractivity (Wildman–Crippen MR) is 98.3 cm³/mol. The average molecular weight is 375 g/mol. The molecule has 3 aromatic rings. The van der Waals surface area contributed by atoms with Gasteiger partial charge in [0.25, 0.3) is 0 Å². The molecule has 0 aliphatic rings. The molecule has 2 heterocycles. The van der Waals surface area contributed by atoms with Gasteiger partial charge in [-0.25, -0.2) is 4.98 Å². The second-order valence-corrected chi connectivity index (χ2v) is 7.19. The standard InChI is InChI=1S/C18H21N3O4S/c1-13-16(21(22)9-8-17(13)25-11-5-10-24-2)12-26(23)18-19-14-6-3-4-7-15(14)20-18/h3-4,6-9H,5,10-12H2,1-2H3,(H,19,20). The van der Waals surface area contributed by atoms with E-state index in [1.54, 1.807) is 20.1 Å². The Morgan fingerprint density at radius 3 is 2.85 bits per heavy atom. The van der Waals surface area contributed by atoms with Crippen LogP contribution in [0.3, 0.4) is 0 Å². The molecular formula is C18H21N3O4S. The summed E-state index contributed by atoms with van der Waals surface area (Å²) in [4.78, 5) is 7.40. The Hall–Kier alpha value is -2.45. The fourth-order valence-corrected chi connectivity index (χ4v) is 3.75. The lowest BCUT2D eigenvalue weighted by Gasteiger charge is -2.12. The van der Waals surface area contributed by atoms with Crippen LogP contribution in [0.1, 0.15) is 17.7 Å². The van der Waals surface area contributed by atoms with Crippen LogP contribution in [-0.2, 0) is 21.3 Å². The minimum atomic E-state index is -1.47. The summed E-state index contributed by atoms with van der Waals surface area (Å²) in [5.74, 6) is 0.676. The van der Waals surface area contributed by atoms with E-state index in [0.29, 0.717) is 35.4 Å². The number of fused-ring (bicyclic) bond motifs is 1. The van der Waals surface area contributed by atoms with Gasteiger partial charge in [0.15, 0.2) is 11.4 Å². The van der Waals surface area contributed by atoms with E-state index in [1.807, 2.05) is 24.3 Å². The lowest BCUT2D eigenvalue weighted by molar-refractivity contribution is -0.613. The van der Waals surface area contributed by atoms with Gasteiger partial charge < -0.3 is 19.7 Å². The SMILES string of the molecule is COCCCOc1cc[n+]([O-])c(CS(=O)c2nc3ccccc3[nH]2)c1C. The molecule has 1 atom stereocenters. The molecule has 0 saturated carbocycles. The largest absolute Gasteiger partial charge is 0.618 e. The van der Waals surface area contributed by atoms with Crippen LogP contribution in [0.4, 0.5) is 0 Å². The Bertz CT molecular complexity index is 893. The molecule has 26 heavy (non-hydrogen) atoms. The van der Waals surface area contributed by atoms with E-state index in [2.05, 4.69) is 9.97 Å². The van der Waals surface area contributed by atoms with Crippen molar-refractivity contribution in [3.63, 3.8) is 0 Å². The van der Waals surface area contributed by atoms with Gasteiger partial charge in [-0.05, 0) is 19.1 Å². The molecular weight excluding hydrogens is 354 g/mol. The highest BCUT2D eigenvalue weighted by atomic mass is 32.2. The maximum absolute atomic E-state index is 12.7. The Kier molecular flexibility index (Phi) is 5.85. The minimum absolute atomic E-state index is 0.0599. The summed E-state index contributed by atoms with van der Waals surface area (Å²) in [7, 11) is 0.171. The minimum Gasteiger partial charge on any atom is -0.618 e. The van der Waals surface area contributed by atoms with Crippen molar-refractivity contribution in [2.24, 2.45) is 0 Å². The number of nitrogens with zero attached hydrogens (tertiary/aromatic N) is 2. The van der Waals surface area contributed by atoms with Crippen molar-refractivity contribution in [2.45, 2.75) is 24.3 Å². The smallest absolute Gasteiger partial charge is 0.212 e. The molecule has 1 N–H and O–H groups in total. The molecule has 0 fully saturated rings. The average Bonchev–Trinajstić information content (AvgIpc) is 3.08. The predicted octanol–water partition coefficient (Wildman–Crippen LogP) is 2.23. The van der Waals surface area contributed by atoms with Gasteiger partial charge in [0.2, 0.25) is 5.69 Å². The first-order valence-corrected chi connectivity index (χ1v) is 9.58. The van der Waals surface area contributed by atoms with Crippen LogP contribution in [-0.4, -0.2) is 34.5 Å². The van der Waals surface area contributed by atoms with Crippen molar-refractivity contribution < 1.29 is 18.4 Å². The second-order valence-electron chi connectivity index (χ2n) is 5.82. The normalized spacial score (nSPS) is 12.4. The second kappa shape index (κ2) is 8.29. The number of hydrogen-bond acceptors (Lipinski definition) is 5. The summed E-state index contributed by atoms with van der Waals surface area (Å²) in [5, 5.41) is 12.5. The zero-order valence-corrected chi connectivity index (χ0v) is 15.5. The van der Waals surface area contributed by atoms with Gasteiger partial charge in [-0.2, -0.15) is 4.73 Å². The zero-order valence-electron chi connectivity index (χ0n) is 14.7. The molecule has 0 bridgehead atoms. The Labute approximate surface area is 154 Å². The number of ether oxygens (including phenoxy) is 2. The molecule has 0 saturated heterocycles. The fourth-order valence-electron chi connectivity index (χ4n) is 2.60. The Balaban J connectivity index is 1.78. The number of H-pyrrole nitrogens is 1. The number of para-hydroxylation sites is 2. The van der Waals surface area contributed by atoms with Crippen molar-refractivity contribution in [2.75, 3.05) is 20.3 Å². The lowest BCUT2D eigenvalue weighted by Crippen LogP contribution is -2.33. The van der Waals surface area contributed by atoms with Gasteiger partial charge in [0, 0.05) is 26.2 Å². The van der Waals surface area contributed by atoms with E-state index in [1.165, 1.54) is 6.20 Å². The number of methoxy groups -OCH3 is 1. The molecule has 0 radical (unpaired) electrons. The van der Waals surface area contributed by atoms with Crippen LogP contribution in [0.15, 0.2) is 41.7 Å². The maximum atomic E-state index is 12.7. The first-order chi connectivity index (χ1) is 12.6. The van der Waals surface area contributed by atoms with Crippen LogP contribution in [0.5, 0.6) is 5.75 Å². The quantitative estimate of drug-likeness (QED) is 0.370. The van der Waals surface area contributed by atoms with Crippen LogP contribution in [0, 0.1) is 12.1 Å². The van der Waals surface area contributed by atoms with Gasteiger partial charge in [-0.3, -0.25) is 4.21 Å². The first-order valence-electron chi connectivity index (χ1n) is 8.26. The van der Waals surface area contributed by atoms with E-state index >= 15 is 0 Å². The number of hydrogen-bond donors (Lipinski definition) is 1. The third-order valence-corrected chi connectivity index (χ3v) is 5.19. The maximum Gasteiger partial charge on any atom is 0.212 e. The molecule has 0 amide bonds. The lowest BCUT2D eigenvalue weighted by atomic mass is 10.2. The van der Waals surface area contributed by atoms with Crippen molar-refractivity contribution in [1.29, 1.82) is 0 Å². The third kappa shape index (κ3) is 4.03. The zero-order chi connectivity index (χ0) is 18.5. The van der Waals surface area contributed by atoms with Crippen molar-refractivity contribution in [3.8, 4) is 5.75 Å². The number of rotatable bonds is 8. The van der Waals surface area contributed by atoms with Gasteiger partial charge in [-0.15, -0.1) is 0 Å². The fraction of sp³-hybridized carbons (Fsp3) is 0.333. The summed E-state index contributed by atoms with van der Waals surface area (Å²) in [5.41, 5.74) is 2.66. The van der Waals surface area contributed by atoms with Crippen LogP contribution < -0.4 is 9.47 Å². The first kappa shape index (κ1) is 18.3.